The number of benzene rings is 2. The average molecular weight is 414 g/mol. The Hall–Kier alpha value is -0.850. The number of carbonyl (C=O) groups is 1. The lowest BCUT2D eigenvalue weighted by molar-refractivity contribution is -0.433. The molecule has 0 N–H and O–H groups in total. The second-order valence-corrected chi connectivity index (χ2v) is 6.76. The summed E-state index contributed by atoms with van der Waals surface area (Å²) in [4.78, 5) is 11.8. The lowest BCUT2D eigenvalue weighted by atomic mass is 10.3. The largest absolute Gasteiger partial charge is 0.333 e. The average Bonchev–Trinajstić information content (AvgIpc) is 2.55. The molecule has 0 aliphatic carbocycles. The molecular formula is C16H10Cl4O4. The van der Waals surface area contributed by atoms with Crippen LogP contribution in [0.1, 0.15) is 11.1 Å². The van der Waals surface area contributed by atoms with Crippen LogP contribution in [0.4, 0.5) is 0 Å². The Balaban J connectivity index is 2.11. The van der Waals surface area contributed by atoms with Crippen molar-refractivity contribution >= 4 is 51.6 Å². The summed E-state index contributed by atoms with van der Waals surface area (Å²) in [6.07, 6.45) is 0. The Kier molecular flexibility index (Phi) is 4.84. The minimum atomic E-state index is -2.44. The summed E-state index contributed by atoms with van der Waals surface area (Å²) in [7, 11) is 0. The zero-order valence-electron chi connectivity index (χ0n) is 11.9. The highest BCUT2D eigenvalue weighted by Crippen LogP contribution is 2.53. The van der Waals surface area contributed by atoms with Crippen molar-refractivity contribution in [3.63, 3.8) is 0 Å². The topological polar surface area (TPSA) is 44.8 Å². The van der Waals surface area contributed by atoms with Gasteiger partial charge in [-0.15, -0.1) is 0 Å². The molecule has 0 spiro atoms. The predicted molar refractivity (Wildman–Crippen MR) is 90.6 cm³/mol. The first-order valence-electron chi connectivity index (χ1n) is 6.76. The third-order valence-electron chi connectivity index (χ3n) is 3.26. The highest BCUT2D eigenvalue weighted by Gasteiger charge is 2.61. The molecule has 1 aliphatic rings. The van der Waals surface area contributed by atoms with Gasteiger partial charge in [0, 0.05) is 11.1 Å². The van der Waals surface area contributed by atoms with Crippen LogP contribution in [0.15, 0.2) is 60.7 Å². The molecule has 4 nitrogen and oxygen atoms in total. The first-order chi connectivity index (χ1) is 11.3. The standard InChI is InChI=1S/C16H10Cl4O4/c17-13(21)16(20)23-14(18,11-7-3-1-4-8-11)22-15(19,24-16)12-9-5-2-6-10-12/h1-10H/i14+1,15+1,22+2,23+2. The molecule has 2 aromatic rings. The van der Waals surface area contributed by atoms with Crippen molar-refractivity contribution in [2.24, 2.45) is 0 Å². The molecule has 1 saturated heterocycles. The number of rotatable bonds is 3. The normalized spacial score (nSPS) is 33.2. The van der Waals surface area contributed by atoms with E-state index in [1.165, 1.54) is 0 Å². The van der Waals surface area contributed by atoms with E-state index in [-0.39, 0.29) is 0 Å². The van der Waals surface area contributed by atoms with Crippen LogP contribution in [0, 0.1) is 0 Å². The SMILES string of the molecule is O=C(Cl)C1(Cl)O[13C](Cl)(c2ccccc2)[18O][13C](Cl)(c2ccccc2)[18O]1. The van der Waals surface area contributed by atoms with E-state index in [9.17, 15) is 4.79 Å². The molecule has 1 fully saturated rings. The van der Waals surface area contributed by atoms with E-state index in [0.717, 1.165) is 0 Å². The van der Waals surface area contributed by atoms with Gasteiger partial charge in [-0.2, -0.15) is 0 Å². The van der Waals surface area contributed by atoms with Gasteiger partial charge in [0.25, 0.3) is 15.7 Å². The smallest absolute Gasteiger partial charge is 0.282 e. The van der Waals surface area contributed by atoms with Crippen LogP contribution in [-0.4, -0.2) is 10.5 Å². The fourth-order valence-electron chi connectivity index (χ4n) is 2.16. The van der Waals surface area contributed by atoms with Crippen molar-refractivity contribution in [3.8, 4) is 0 Å². The van der Waals surface area contributed by atoms with Gasteiger partial charge in [0.2, 0.25) is 0 Å². The monoisotopic (exact) mass is 412 g/mol. The summed E-state index contributed by atoms with van der Waals surface area (Å²) in [5.74, 6) is 0. The van der Waals surface area contributed by atoms with E-state index in [2.05, 4.69) is 0 Å². The molecule has 3 rings (SSSR count). The molecule has 0 radical (unpaired) electrons. The van der Waals surface area contributed by atoms with Crippen molar-refractivity contribution in [1.29, 1.82) is 0 Å². The van der Waals surface area contributed by atoms with Gasteiger partial charge in [-0.1, -0.05) is 83.9 Å². The van der Waals surface area contributed by atoms with Gasteiger partial charge in [0.05, 0.1) is 0 Å². The quantitative estimate of drug-likeness (QED) is 0.313. The minimum Gasteiger partial charge on any atom is -0.282 e. The third kappa shape index (κ3) is 3.28. The number of hydrogen-bond acceptors (Lipinski definition) is 4. The second-order valence-electron chi connectivity index (χ2n) is 4.92. The molecule has 8 heteroatoms. The van der Waals surface area contributed by atoms with E-state index in [1.54, 1.807) is 60.7 Å². The zero-order valence-corrected chi connectivity index (χ0v) is 14.9. The fourth-order valence-corrected chi connectivity index (χ4v) is 3.26. The van der Waals surface area contributed by atoms with Crippen LogP contribution >= 0.6 is 46.4 Å². The molecule has 1 heterocycles. The maximum absolute atomic E-state index is 11.8. The van der Waals surface area contributed by atoms with Gasteiger partial charge in [0.15, 0.2) is 0 Å². The predicted octanol–water partition coefficient (Wildman–Crippen LogP) is 4.81. The Labute approximate surface area is 158 Å². The molecule has 0 saturated carbocycles. The Morgan fingerprint density at radius 3 is 1.83 bits per heavy atom. The van der Waals surface area contributed by atoms with E-state index in [1.807, 2.05) is 0 Å². The van der Waals surface area contributed by atoms with Gasteiger partial charge in [-0.05, 0) is 23.2 Å². The summed E-state index contributed by atoms with van der Waals surface area (Å²) in [6.45, 7) is 0. The molecule has 3 unspecified atom stereocenters. The molecule has 1 aliphatic heterocycles. The maximum Gasteiger partial charge on any atom is 0.333 e. The van der Waals surface area contributed by atoms with E-state index in [0.29, 0.717) is 11.1 Å². The molecule has 2 aromatic carbocycles. The summed E-state index contributed by atoms with van der Waals surface area (Å²) in [6, 6.07) is 16.9. The fraction of sp³-hybridized carbons (Fsp3) is 0.188. The molecule has 0 bridgehead atoms. The number of ether oxygens (including phenoxy) is 3. The van der Waals surface area contributed by atoms with Gasteiger partial charge in [-0.25, -0.2) is 0 Å². The van der Waals surface area contributed by atoms with Gasteiger partial charge in [-0.3, -0.25) is 19.0 Å². The van der Waals surface area contributed by atoms with E-state index < -0.39 is 21.0 Å². The number of halogens is 4. The highest BCUT2D eigenvalue weighted by molar-refractivity contribution is 6.69. The lowest BCUT2D eigenvalue weighted by Crippen LogP contribution is -2.56. The van der Waals surface area contributed by atoms with Gasteiger partial charge < -0.3 is 0 Å². The van der Waals surface area contributed by atoms with E-state index >= 15 is 0 Å². The Bertz CT molecular complexity index is 689. The van der Waals surface area contributed by atoms with Crippen LogP contribution in [0.25, 0.3) is 0 Å². The van der Waals surface area contributed by atoms with E-state index in [4.69, 9.17) is 60.6 Å². The molecular weight excluding hydrogens is 404 g/mol. The van der Waals surface area contributed by atoms with Crippen molar-refractivity contribution in [2.45, 2.75) is 15.7 Å². The molecule has 3 atom stereocenters. The Morgan fingerprint density at radius 1 is 0.833 bits per heavy atom. The minimum absolute atomic E-state index is 0.360. The molecule has 0 amide bonds. The molecule has 0 aromatic heterocycles. The van der Waals surface area contributed by atoms with Crippen molar-refractivity contribution in [1.82, 2.24) is 0 Å². The summed E-state index contributed by atoms with van der Waals surface area (Å²) in [5.41, 5.74) is 0.720. The van der Waals surface area contributed by atoms with Crippen LogP contribution in [0.3, 0.4) is 0 Å². The zero-order chi connectivity index (χ0) is 17.4. The van der Waals surface area contributed by atoms with Crippen LogP contribution in [0.2, 0.25) is 0 Å². The summed E-state index contributed by atoms with van der Waals surface area (Å²) in [5, 5.41) is -7.57. The number of alkyl halides is 3. The van der Waals surface area contributed by atoms with Gasteiger partial charge >= 0.3 is 5.25 Å². The first-order valence-corrected chi connectivity index (χ1v) is 8.27. The Morgan fingerprint density at radius 2 is 1.33 bits per heavy atom. The van der Waals surface area contributed by atoms with Crippen molar-refractivity contribution < 1.29 is 19.0 Å². The van der Waals surface area contributed by atoms with Crippen molar-refractivity contribution in [2.75, 3.05) is 0 Å². The molecule has 126 valence electrons. The maximum atomic E-state index is 11.8. The summed E-state index contributed by atoms with van der Waals surface area (Å²) >= 11 is 24.6. The number of hydrogen-bond donors (Lipinski definition) is 0. The molecule has 24 heavy (non-hydrogen) atoms. The van der Waals surface area contributed by atoms with Crippen LogP contribution in [0.5, 0.6) is 0 Å². The number of carbonyl (C=O) groups excluding carboxylic acids is 1. The highest BCUT2D eigenvalue weighted by atomic mass is 35.5. The first kappa shape index (κ1) is 18.0. The van der Waals surface area contributed by atoms with Crippen molar-refractivity contribution in [3.05, 3.63) is 71.8 Å². The second kappa shape index (κ2) is 6.46. The van der Waals surface area contributed by atoms with Crippen LogP contribution < -0.4 is 0 Å². The van der Waals surface area contributed by atoms with Crippen LogP contribution in [-0.2, 0) is 29.5 Å². The third-order valence-corrected chi connectivity index (χ3v) is 4.68. The lowest BCUT2D eigenvalue weighted by Gasteiger charge is -2.46. The van der Waals surface area contributed by atoms with Gasteiger partial charge in [0.1, 0.15) is 0 Å². The summed E-state index contributed by atoms with van der Waals surface area (Å²) < 4.78 is 16.4.